The van der Waals surface area contributed by atoms with Gasteiger partial charge in [-0.05, 0) is 6.07 Å². The van der Waals surface area contributed by atoms with E-state index in [0.717, 1.165) is 0 Å². The number of aliphatic hydroxyl groups excluding tert-OH is 3. The molecular weight excluding hydrogens is 254 g/mol. The Labute approximate surface area is 106 Å². The molecule has 0 bridgehead atoms. The van der Waals surface area contributed by atoms with Gasteiger partial charge in [0, 0.05) is 6.20 Å². The third-order valence-electron chi connectivity index (χ3n) is 3.31. The zero-order valence-corrected chi connectivity index (χ0v) is 9.80. The van der Waals surface area contributed by atoms with Crippen LogP contribution in [0.15, 0.2) is 23.4 Å². The van der Waals surface area contributed by atoms with E-state index in [1.807, 2.05) is 0 Å². The van der Waals surface area contributed by atoms with Gasteiger partial charge in [0.05, 0.1) is 18.3 Å². The second kappa shape index (κ2) is 4.42. The van der Waals surface area contributed by atoms with Crippen LogP contribution >= 0.6 is 0 Å². The average Bonchev–Trinajstić information content (AvgIpc) is 2.94. The van der Waals surface area contributed by atoms with Crippen molar-refractivity contribution in [2.45, 2.75) is 24.5 Å². The van der Waals surface area contributed by atoms with Crippen molar-refractivity contribution in [2.75, 3.05) is 6.61 Å². The Balaban J connectivity index is 2.06. The fraction of sp³-hybridized carbons (Fsp3) is 0.455. The van der Waals surface area contributed by atoms with Crippen molar-refractivity contribution in [3.8, 4) is 0 Å². The Kier molecular flexibility index (Phi) is 2.86. The van der Waals surface area contributed by atoms with Crippen LogP contribution in [0.1, 0.15) is 6.23 Å². The molecule has 1 aliphatic heterocycles. The van der Waals surface area contributed by atoms with E-state index in [1.54, 1.807) is 12.3 Å². The third-order valence-corrected chi connectivity index (χ3v) is 3.31. The number of ether oxygens (including phenoxy) is 1. The molecule has 3 heterocycles. The largest absolute Gasteiger partial charge is 0.394 e. The van der Waals surface area contributed by atoms with Gasteiger partial charge < -0.3 is 29.6 Å². The van der Waals surface area contributed by atoms with Crippen LogP contribution in [0.5, 0.6) is 0 Å². The smallest absolute Gasteiger partial charge is 0.260 e. The Hall–Kier alpha value is -1.74. The van der Waals surface area contributed by atoms with Crippen molar-refractivity contribution in [3.63, 3.8) is 0 Å². The molecule has 0 aliphatic carbocycles. The molecule has 0 radical (unpaired) electrons. The maximum Gasteiger partial charge on any atom is 0.260 e. The van der Waals surface area contributed by atoms with E-state index in [1.165, 1.54) is 10.9 Å². The summed E-state index contributed by atoms with van der Waals surface area (Å²) in [6, 6.07) is 1.55. The summed E-state index contributed by atoms with van der Waals surface area (Å²) in [6.07, 6.45) is -1.34. The van der Waals surface area contributed by atoms with Gasteiger partial charge in [-0.25, -0.2) is 4.98 Å². The lowest BCUT2D eigenvalue weighted by molar-refractivity contribution is -0.0508. The van der Waals surface area contributed by atoms with Gasteiger partial charge in [-0.2, -0.15) is 0 Å². The van der Waals surface area contributed by atoms with Crippen LogP contribution in [0.3, 0.4) is 0 Å². The minimum Gasteiger partial charge on any atom is -0.394 e. The zero-order valence-electron chi connectivity index (χ0n) is 9.80. The molecule has 2 unspecified atom stereocenters. The first kappa shape index (κ1) is 12.3. The number of aromatic nitrogens is 3. The fourth-order valence-electron chi connectivity index (χ4n) is 2.30. The van der Waals surface area contributed by atoms with Gasteiger partial charge in [0.1, 0.15) is 24.0 Å². The van der Waals surface area contributed by atoms with Crippen LogP contribution in [-0.2, 0) is 4.74 Å². The number of nitrogens with one attached hydrogen (secondary N) is 1. The van der Waals surface area contributed by atoms with Gasteiger partial charge >= 0.3 is 0 Å². The molecule has 0 amide bonds. The van der Waals surface area contributed by atoms with E-state index in [0.29, 0.717) is 11.0 Å². The minimum absolute atomic E-state index is 0.296. The van der Waals surface area contributed by atoms with Gasteiger partial charge in [-0.15, -0.1) is 0 Å². The van der Waals surface area contributed by atoms with Gasteiger partial charge in [0.15, 0.2) is 6.23 Å². The van der Waals surface area contributed by atoms with Crippen molar-refractivity contribution in [3.05, 3.63) is 28.9 Å². The number of hydrogen-bond donors (Lipinski definition) is 4. The van der Waals surface area contributed by atoms with Crippen LogP contribution in [0.4, 0.5) is 0 Å². The molecule has 8 nitrogen and oxygen atoms in total. The molecule has 0 aromatic carbocycles. The van der Waals surface area contributed by atoms with Crippen molar-refractivity contribution in [2.24, 2.45) is 0 Å². The molecule has 8 heteroatoms. The highest BCUT2D eigenvalue weighted by Crippen LogP contribution is 2.31. The molecule has 2 aromatic heterocycles. The minimum atomic E-state index is -1.20. The Morgan fingerprint density at radius 1 is 1.42 bits per heavy atom. The van der Waals surface area contributed by atoms with E-state index in [-0.39, 0.29) is 5.56 Å². The third kappa shape index (κ3) is 1.77. The molecule has 1 saturated heterocycles. The molecule has 19 heavy (non-hydrogen) atoms. The lowest BCUT2D eigenvalue weighted by Gasteiger charge is -2.17. The highest BCUT2D eigenvalue weighted by Gasteiger charge is 2.43. The monoisotopic (exact) mass is 267 g/mol. The molecule has 1 aliphatic rings. The lowest BCUT2D eigenvalue weighted by Crippen LogP contribution is -2.33. The highest BCUT2D eigenvalue weighted by atomic mass is 16.6. The Morgan fingerprint density at radius 2 is 2.21 bits per heavy atom. The van der Waals surface area contributed by atoms with Crippen LogP contribution in [0, 0.1) is 0 Å². The van der Waals surface area contributed by atoms with Gasteiger partial charge in [0.25, 0.3) is 5.56 Å². The molecule has 4 N–H and O–H groups in total. The topological polar surface area (TPSA) is 121 Å². The first-order valence-electron chi connectivity index (χ1n) is 5.80. The summed E-state index contributed by atoms with van der Waals surface area (Å²) in [6.45, 7) is -0.401. The van der Waals surface area contributed by atoms with Gasteiger partial charge in [0.2, 0.25) is 0 Å². The summed E-state index contributed by atoms with van der Waals surface area (Å²) in [4.78, 5) is 18.0. The average molecular weight is 267 g/mol. The second-order valence-corrected chi connectivity index (χ2v) is 4.42. The van der Waals surface area contributed by atoms with Gasteiger partial charge in [-0.3, -0.25) is 4.79 Å². The molecule has 0 saturated carbocycles. The molecule has 3 rings (SSSR count). The number of rotatable bonds is 2. The number of hydrogen-bond acceptors (Lipinski definition) is 6. The van der Waals surface area contributed by atoms with E-state index in [4.69, 9.17) is 9.84 Å². The maximum atomic E-state index is 11.6. The summed E-state index contributed by atoms with van der Waals surface area (Å²) < 4.78 is 6.85. The van der Waals surface area contributed by atoms with Crippen molar-refractivity contribution >= 4 is 11.0 Å². The first-order chi connectivity index (χ1) is 9.13. The van der Waals surface area contributed by atoms with Crippen molar-refractivity contribution < 1.29 is 20.1 Å². The lowest BCUT2D eigenvalue weighted by atomic mass is 10.1. The highest BCUT2D eigenvalue weighted by molar-refractivity contribution is 5.74. The fourth-order valence-corrected chi connectivity index (χ4v) is 2.30. The van der Waals surface area contributed by atoms with E-state index >= 15 is 0 Å². The van der Waals surface area contributed by atoms with Gasteiger partial charge in [-0.1, -0.05) is 0 Å². The normalized spacial score (nSPS) is 31.1. The molecule has 1 fully saturated rings. The number of H-pyrrole nitrogens is 1. The maximum absolute atomic E-state index is 11.6. The number of aliphatic hydroxyl groups is 3. The quantitative estimate of drug-likeness (QED) is 0.516. The summed E-state index contributed by atoms with van der Waals surface area (Å²) in [7, 11) is 0. The predicted octanol–water partition coefficient (Wildman–Crippen LogP) is -1.66. The predicted molar refractivity (Wildman–Crippen MR) is 63.4 cm³/mol. The van der Waals surface area contributed by atoms with Crippen LogP contribution in [-0.4, -0.2) is 54.8 Å². The van der Waals surface area contributed by atoms with E-state index in [9.17, 15) is 15.0 Å². The zero-order chi connectivity index (χ0) is 13.6. The summed E-state index contributed by atoms with van der Waals surface area (Å²) in [5.74, 6) is 0. The molecule has 102 valence electrons. The SMILES string of the molecule is O=c1[nH]cnc2c1ccn2[C@@H]1O[C@H](CO)C(O)C1O. The number of aromatic amines is 1. The Bertz CT molecular complexity index is 651. The van der Waals surface area contributed by atoms with Crippen LogP contribution < -0.4 is 5.56 Å². The summed E-state index contributed by atoms with van der Waals surface area (Å²) in [5.41, 5.74) is 0.0501. The summed E-state index contributed by atoms with van der Waals surface area (Å²) >= 11 is 0. The second-order valence-electron chi connectivity index (χ2n) is 4.42. The molecule has 2 aromatic rings. The van der Waals surface area contributed by atoms with Crippen molar-refractivity contribution in [1.82, 2.24) is 14.5 Å². The first-order valence-corrected chi connectivity index (χ1v) is 5.80. The Morgan fingerprint density at radius 3 is 2.89 bits per heavy atom. The standard InChI is InChI=1S/C11H13N3O5/c15-3-6-7(16)8(17)11(19-6)14-2-1-5-9(14)12-4-13-10(5)18/h1-2,4,6-8,11,15-17H,3H2,(H,12,13,18)/t6-,7?,8?,11-/m1/s1. The van der Waals surface area contributed by atoms with E-state index < -0.39 is 31.1 Å². The summed E-state index contributed by atoms with van der Waals surface area (Å²) in [5, 5.41) is 29.1. The number of nitrogens with zero attached hydrogens (tertiary/aromatic N) is 2. The molecule has 4 atom stereocenters. The van der Waals surface area contributed by atoms with Crippen LogP contribution in [0.2, 0.25) is 0 Å². The number of fused-ring (bicyclic) bond motifs is 1. The van der Waals surface area contributed by atoms with Crippen molar-refractivity contribution in [1.29, 1.82) is 0 Å². The van der Waals surface area contributed by atoms with Crippen LogP contribution in [0.25, 0.3) is 11.0 Å². The van der Waals surface area contributed by atoms with E-state index in [2.05, 4.69) is 9.97 Å². The molecule has 0 spiro atoms. The molecular formula is C11H13N3O5.